The van der Waals surface area contributed by atoms with Crippen molar-refractivity contribution in [3.63, 3.8) is 0 Å². The monoisotopic (exact) mass is 296 g/mol. The molecular formula is C20H24O2. The predicted octanol–water partition coefficient (Wildman–Crippen LogP) is 5.27. The highest BCUT2D eigenvalue weighted by molar-refractivity contribution is 5.81. The van der Waals surface area contributed by atoms with Gasteiger partial charge in [0, 0.05) is 5.56 Å². The number of benzene rings is 2. The molecule has 0 amide bonds. The molecular weight excluding hydrogens is 272 g/mol. The van der Waals surface area contributed by atoms with E-state index in [1.54, 1.807) is 6.07 Å². The Kier molecular flexibility index (Phi) is 4.41. The van der Waals surface area contributed by atoms with Gasteiger partial charge in [-0.25, -0.2) is 0 Å². The van der Waals surface area contributed by atoms with Crippen LogP contribution in [0.4, 0.5) is 0 Å². The summed E-state index contributed by atoms with van der Waals surface area (Å²) in [6.45, 7) is 12.3. The maximum atomic E-state index is 11.3. The topological polar surface area (TPSA) is 26.3 Å². The number of rotatable bonds is 3. The maximum Gasteiger partial charge on any atom is 0.150 e. The van der Waals surface area contributed by atoms with Gasteiger partial charge in [0.2, 0.25) is 0 Å². The van der Waals surface area contributed by atoms with Gasteiger partial charge in [0.15, 0.2) is 0 Å². The van der Waals surface area contributed by atoms with Crippen LogP contribution in [0.25, 0.3) is 11.1 Å². The van der Waals surface area contributed by atoms with Crippen molar-refractivity contribution in [2.24, 2.45) is 0 Å². The number of hydrogen-bond acceptors (Lipinski definition) is 2. The van der Waals surface area contributed by atoms with Crippen molar-refractivity contribution < 1.29 is 9.53 Å². The zero-order valence-corrected chi connectivity index (χ0v) is 14.3. The largest absolute Gasteiger partial charge is 0.488 e. The van der Waals surface area contributed by atoms with E-state index in [0.29, 0.717) is 5.56 Å². The molecule has 0 aliphatic heterocycles. The lowest BCUT2D eigenvalue weighted by Gasteiger charge is -2.22. The first-order valence-corrected chi connectivity index (χ1v) is 7.57. The first-order valence-electron chi connectivity index (χ1n) is 7.57. The van der Waals surface area contributed by atoms with Crippen molar-refractivity contribution in [2.75, 3.05) is 0 Å². The highest BCUT2D eigenvalue weighted by Gasteiger charge is 2.14. The fourth-order valence-electron chi connectivity index (χ4n) is 2.53. The summed E-state index contributed by atoms with van der Waals surface area (Å²) in [7, 11) is 0. The zero-order chi connectivity index (χ0) is 16.5. The predicted molar refractivity (Wildman–Crippen MR) is 91.9 cm³/mol. The third-order valence-corrected chi connectivity index (χ3v) is 3.64. The lowest BCUT2D eigenvalue weighted by Crippen LogP contribution is -2.23. The minimum atomic E-state index is -0.295. The maximum absolute atomic E-state index is 11.3. The minimum Gasteiger partial charge on any atom is -0.488 e. The first kappa shape index (κ1) is 16.3. The second-order valence-electron chi connectivity index (χ2n) is 6.87. The van der Waals surface area contributed by atoms with E-state index >= 15 is 0 Å². The van der Waals surface area contributed by atoms with Gasteiger partial charge in [0.05, 0.1) is 0 Å². The SMILES string of the molecule is Cc1cc(C)c(-c2cc(C=O)cc(OC(C)(C)C)c2)cc1C. The molecule has 2 aromatic rings. The molecule has 22 heavy (non-hydrogen) atoms. The molecule has 2 aromatic carbocycles. The summed E-state index contributed by atoms with van der Waals surface area (Å²) < 4.78 is 5.94. The number of ether oxygens (including phenoxy) is 1. The van der Waals surface area contributed by atoms with Crippen molar-refractivity contribution in [3.8, 4) is 16.9 Å². The van der Waals surface area contributed by atoms with E-state index in [1.807, 2.05) is 32.9 Å². The molecule has 0 spiro atoms. The van der Waals surface area contributed by atoms with E-state index in [4.69, 9.17) is 4.74 Å². The highest BCUT2D eigenvalue weighted by Crippen LogP contribution is 2.31. The summed E-state index contributed by atoms with van der Waals surface area (Å²) in [5, 5.41) is 0. The Hall–Kier alpha value is -2.09. The molecule has 0 bridgehead atoms. The van der Waals surface area contributed by atoms with Crippen LogP contribution in [0.3, 0.4) is 0 Å². The van der Waals surface area contributed by atoms with Gasteiger partial charge in [0.1, 0.15) is 17.6 Å². The fraction of sp³-hybridized carbons (Fsp3) is 0.350. The van der Waals surface area contributed by atoms with Crippen LogP contribution < -0.4 is 4.74 Å². The molecule has 0 heterocycles. The number of carbonyl (C=O) groups excluding carboxylic acids is 1. The average molecular weight is 296 g/mol. The quantitative estimate of drug-likeness (QED) is 0.721. The molecule has 0 radical (unpaired) electrons. The molecule has 0 aliphatic carbocycles. The fourth-order valence-corrected chi connectivity index (χ4v) is 2.53. The average Bonchev–Trinajstić information content (AvgIpc) is 2.40. The van der Waals surface area contributed by atoms with E-state index in [0.717, 1.165) is 23.2 Å². The molecule has 0 unspecified atom stereocenters. The molecule has 0 fully saturated rings. The molecule has 0 aliphatic rings. The lowest BCUT2D eigenvalue weighted by molar-refractivity contribution is 0.111. The number of aldehydes is 1. The van der Waals surface area contributed by atoms with E-state index in [9.17, 15) is 4.79 Å². The van der Waals surface area contributed by atoms with Crippen molar-refractivity contribution in [3.05, 3.63) is 52.6 Å². The molecule has 0 saturated heterocycles. The van der Waals surface area contributed by atoms with Crippen LogP contribution in [0, 0.1) is 20.8 Å². The molecule has 0 atom stereocenters. The van der Waals surface area contributed by atoms with Crippen molar-refractivity contribution >= 4 is 6.29 Å². The van der Waals surface area contributed by atoms with Gasteiger partial charge in [-0.15, -0.1) is 0 Å². The molecule has 116 valence electrons. The number of carbonyl (C=O) groups is 1. The van der Waals surface area contributed by atoms with Crippen LogP contribution in [0.1, 0.15) is 47.8 Å². The van der Waals surface area contributed by atoms with Crippen LogP contribution in [0.2, 0.25) is 0 Å². The Labute approximate surface area is 133 Å². The number of aryl methyl sites for hydroxylation is 3. The Morgan fingerprint density at radius 1 is 0.864 bits per heavy atom. The summed E-state index contributed by atoms with van der Waals surface area (Å²) in [4.78, 5) is 11.3. The summed E-state index contributed by atoms with van der Waals surface area (Å²) in [5.74, 6) is 0.727. The Morgan fingerprint density at radius 3 is 2.09 bits per heavy atom. The molecule has 2 rings (SSSR count). The zero-order valence-electron chi connectivity index (χ0n) is 14.3. The Morgan fingerprint density at radius 2 is 1.50 bits per heavy atom. The van der Waals surface area contributed by atoms with Crippen LogP contribution in [-0.4, -0.2) is 11.9 Å². The molecule has 2 heteroatoms. The van der Waals surface area contributed by atoms with Crippen LogP contribution in [0.15, 0.2) is 30.3 Å². The van der Waals surface area contributed by atoms with E-state index < -0.39 is 0 Å². The molecule has 0 saturated carbocycles. The Bertz CT molecular complexity index is 706. The van der Waals surface area contributed by atoms with E-state index in [-0.39, 0.29) is 5.60 Å². The second-order valence-corrected chi connectivity index (χ2v) is 6.87. The van der Waals surface area contributed by atoms with Crippen LogP contribution >= 0.6 is 0 Å². The van der Waals surface area contributed by atoms with Crippen LogP contribution in [-0.2, 0) is 0 Å². The summed E-state index contributed by atoms with van der Waals surface area (Å²) in [5.41, 5.74) is 6.23. The summed E-state index contributed by atoms with van der Waals surface area (Å²) in [6, 6.07) is 10.1. The summed E-state index contributed by atoms with van der Waals surface area (Å²) >= 11 is 0. The van der Waals surface area contributed by atoms with Crippen LogP contribution in [0.5, 0.6) is 5.75 Å². The van der Waals surface area contributed by atoms with Gasteiger partial charge in [0.25, 0.3) is 0 Å². The van der Waals surface area contributed by atoms with Gasteiger partial charge in [-0.05, 0) is 87.6 Å². The van der Waals surface area contributed by atoms with Gasteiger partial charge in [-0.2, -0.15) is 0 Å². The highest BCUT2D eigenvalue weighted by atomic mass is 16.5. The first-order chi connectivity index (χ1) is 10.2. The number of hydrogen-bond donors (Lipinski definition) is 0. The standard InChI is InChI=1S/C20H24O2/c1-13-7-15(3)19(8-14(13)2)17-9-16(12-21)10-18(11-17)22-20(4,5)6/h7-12H,1-6H3. The summed E-state index contributed by atoms with van der Waals surface area (Å²) in [6.07, 6.45) is 0.870. The van der Waals surface area contributed by atoms with Gasteiger partial charge in [-0.3, -0.25) is 4.79 Å². The van der Waals surface area contributed by atoms with E-state index in [1.165, 1.54) is 16.7 Å². The van der Waals surface area contributed by atoms with E-state index in [2.05, 4.69) is 32.9 Å². The minimum absolute atomic E-state index is 0.295. The van der Waals surface area contributed by atoms with Gasteiger partial charge < -0.3 is 4.74 Å². The Balaban J connectivity index is 2.58. The van der Waals surface area contributed by atoms with Crippen molar-refractivity contribution in [2.45, 2.75) is 47.1 Å². The molecule has 0 aromatic heterocycles. The normalized spacial score (nSPS) is 11.4. The smallest absolute Gasteiger partial charge is 0.150 e. The van der Waals surface area contributed by atoms with Crippen molar-refractivity contribution in [1.29, 1.82) is 0 Å². The third kappa shape index (κ3) is 3.76. The lowest BCUT2D eigenvalue weighted by atomic mass is 9.94. The molecule has 2 nitrogen and oxygen atoms in total. The molecule has 0 N–H and O–H groups in total. The van der Waals surface area contributed by atoms with Gasteiger partial charge >= 0.3 is 0 Å². The van der Waals surface area contributed by atoms with Crippen molar-refractivity contribution in [1.82, 2.24) is 0 Å². The second kappa shape index (κ2) is 5.96. The van der Waals surface area contributed by atoms with Gasteiger partial charge in [-0.1, -0.05) is 12.1 Å². The third-order valence-electron chi connectivity index (χ3n) is 3.64.